The van der Waals surface area contributed by atoms with Gasteiger partial charge in [-0.05, 0) is 24.5 Å². The van der Waals surface area contributed by atoms with Crippen LogP contribution in [0.2, 0.25) is 0 Å². The van der Waals surface area contributed by atoms with Crippen molar-refractivity contribution in [3.63, 3.8) is 0 Å². The molecule has 3 rings (SSSR count). The Morgan fingerprint density at radius 2 is 2.26 bits per heavy atom. The molecule has 3 nitrogen and oxygen atoms in total. The molecule has 1 aromatic carbocycles. The van der Waals surface area contributed by atoms with Gasteiger partial charge < -0.3 is 4.90 Å². The lowest BCUT2D eigenvalue weighted by molar-refractivity contribution is -0.127. The van der Waals surface area contributed by atoms with Crippen LogP contribution in [0.25, 0.3) is 0 Å². The van der Waals surface area contributed by atoms with Crippen molar-refractivity contribution in [2.75, 3.05) is 12.8 Å². The van der Waals surface area contributed by atoms with E-state index in [0.29, 0.717) is 11.8 Å². The van der Waals surface area contributed by atoms with Crippen molar-refractivity contribution in [3.8, 4) is 0 Å². The number of rotatable bonds is 3. The van der Waals surface area contributed by atoms with Crippen molar-refractivity contribution < 1.29 is 4.79 Å². The Hall–Kier alpha value is -0.940. The minimum absolute atomic E-state index is 0.217. The zero-order chi connectivity index (χ0) is 13.2. The average molecular weight is 292 g/mol. The molecule has 0 spiro atoms. The van der Waals surface area contributed by atoms with Gasteiger partial charge in [-0.3, -0.25) is 4.79 Å². The lowest BCUT2D eigenvalue weighted by atomic mass is 10.2. The third-order valence-electron chi connectivity index (χ3n) is 3.36. The highest BCUT2D eigenvalue weighted by atomic mass is 32.2. The molecular formula is C14H16N2OS2. The van der Waals surface area contributed by atoms with Gasteiger partial charge in [-0.1, -0.05) is 41.7 Å². The minimum Gasteiger partial charge on any atom is -0.342 e. The topological polar surface area (TPSA) is 32.7 Å². The second kappa shape index (κ2) is 5.59. The number of carbonyl (C=O) groups excluding carboxylic acids is 1. The van der Waals surface area contributed by atoms with Gasteiger partial charge in [0.05, 0.1) is 11.4 Å². The van der Waals surface area contributed by atoms with Gasteiger partial charge in [-0.2, -0.15) is 0 Å². The van der Waals surface area contributed by atoms with E-state index in [0.717, 1.165) is 28.7 Å². The number of benzene rings is 1. The van der Waals surface area contributed by atoms with Crippen LogP contribution in [0, 0.1) is 0 Å². The number of thioether (sulfide) groups is 2. The van der Waals surface area contributed by atoms with Crippen LogP contribution in [-0.2, 0) is 10.5 Å². The monoisotopic (exact) mass is 292 g/mol. The maximum absolute atomic E-state index is 12.0. The summed E-state index contributed by atoms with van der Waals surface area (Å²) in [5.74, 6) is 1.67. The zero-order valence-electron chi connectivity index (χ0n) is 10.8. The predicted octanol–water partition coefficient (Wildman–Crippen LogP) is 3.27. The van der Waals surface area contributed by atoms with E-state index in [2.05, 4.69) is 11.1 Å². The van der Waals surface area contributed by atoms with Gasteiger partial charge in [0.1, 0.15) is 4.38 Å². The lowest BCUT2D eigenvalue weighted by Crippen LogP contribution is -2.30. The van der Waals surface area contributed by atoms with Crippen molar-refractivity contribution >= 4 is 39.5 Å². The van der Waals surface area contributed by atoms with Crippen molar-refractivity contribution in [1.29, 1.82) is 0 Å². The predicted molar refractivity (Wildman–Crippen MR) is 83.1 cm³/mol. The number of fused-ring (bicyclic) bond motifs is 1. The van der Waals surface area contributed by atoms with Crippen LogP contribution >= 0.6 is 23.5 Å². The molecular weight excluding hydrogens is 276 g/mol. The third-order valence-corrected chi connectivity index (χ3v) is 5.59. The Balaban J connectivity index is 1.59. The summed E-state index contributed by atoms with van der Waals surface area (Å²) in [5, 5.41) is 0. The number of para-hydroxylation sites is 1. The van der Waals surface area contributed by atoms with E-state index < -0.39 is 0 Å². The Kier molecular flexibility index (Phi) is 3.84. The van der Waals surface area contributed by atoms with Gasteiger partial charge >= 0.3 is 0 Å². The first-order valence-electron chi connectivity index (χ1n) is 6.42. The first-order valence-corrected chi connectivity index (χ1v) is 8.39. The molecule has 1 aliphatic heterocycles. The van der Waals surface area contributed by atoms with Crippen molar-refractivity contribution in [2.45, 2.75) is 24.6 Å². The van der Waals surface area contributed by atoms with Crippen LogP contribution in [0.4, 0.5) is 5.69 Å². The molecule has 0 aromatic heterocycles. The average Bonchev–Trinajstić information content (AvgIpc) is 3.28. The lowest BCUT2D eigenvalue weighted by Gasteiger charge is -2.17. The standard InChI is InChI=1S/C14H16N2OS2/c1-16(11-6-7-11)13(17)9-19-14-15-12-5-3-2-4-10(12)8-18-14/h2-5,11H,6-9H2,1H3. The van der Waals surface area contributed by atoms with Crippen LogP contribution in [0.3, 0.4) is 0 Å². The van der Waals surface area contributed by atoms with E-state index in [1.165, 1.54) is 5.56 Å². The summed E-state index contributed by atoms with van der Waals surface area (Å²) in [6.07, 6.45) is 2.33. The van der Waals surface area contributed by atoms with Gasteiger partial charge in [-0.25, -0.2) is 4.99 Å². The van der Waals surface area contributed by atoms with E-state index in [1.54, 1.807) is 23.5 Å². The van der Waals surface area contributed by atoms with E-state index in [-0.39, 0.29) is 5.91 Å². The van der Waals surface area contributed by atoms with Crippen LogP contribution < -0.4 is 0 Å². The fourth-order valence-corrected chi connectivity index (χ4v) is 3.96. The molecule has 2 aliphatic rings. The largest absolute Gasteiger partial charge is 0.342 e. The van der Waals surface area contributed by atoms with Gasteiger partial charge in [0.15, 0.2) is 0 Å². The van der Waals surface area contributed by atoms with Crippen LogP contribution in [0.5, 0.6) is 0 Å². The van der Waals surface area contributed by atoms with Gasteiger partial charge in [0, 0.05) is 18.8 Å². The summed E-state index contributed by atoms with van der Waals surface area (Å²) in [6, 6.07) is 8.69. The maximum Gasteiger partial charge on any atom is 0.232 e. The Bertz CT molecular complexity index is 526. The number of hydrogen-bond acceptors (Lipinski definition) is 4. The molecule has 19 heavy (non-hydrogen) atoms. The molecule has 1 fully saturated rings. The smallest absolute Gasteiger partial charge is 0.232 e. The second-order valence-corrected chi connectivity index (χ2v) is 7.01. The van der Waals surface area contributed by atoms with Crippen molar-refractivity contribution in [1.82, 2.24) is 4.90 Å². The van der Waals surface area contributed by atoms with Crippen molar-refractivity contribution in [2.24, 2.45) is 4.99 Å². The number of amides is 1. The highest BCUT2D eigenvalue weighted by Crippen LogP contribution is 2.34. The highest BCUT2D eigenvalue weighted by Gasteiger charge is 2.29. The van der Waals surface area contributed by atoms with Crippen LogP contribution in [0.1, 0.15) is 18.4 Å². The first kappa shape index (κ1) is 13.1. The number of aliphatic imine (C=N–C) groups is 1. The fourth-order valence-electron chi connectivity index (χ4n) is 1.98. The van der Waals surface area contributed by atoms with Gasteiger partial charge in [0.2, 0.25) is 5.91 Å². The molecule has 0 unspecified atom stereocenters. The number of hydrogen-bond donors (Lipinski definition) is 0. The summed E-state index contributed by atoms with van der Waals surface area (Å²) in [7, 11) is 1.91. The zero-order valence-corrected chi connectivity index (χ0v) is 12.5. The van der Waals surface area contributed by atoms with E-state index in [1.807, 2.05) is 30.1 Å². The molecule has 0 saturated heterocycles. The molecule has 1 amide bonds. The molecule has 100 valence electrons. The third kappa shape index (κ3) is 3.15. The molecule has 0 bridgehead atoms. The Labute approximate surface area is 121 Å². The highest BCUT2D eigenvalue weighted by molar-refractivity contribution is 8.38. The quantitative estimate of drug-likeness (QED) is 0.857. The summed E-state index contributed by atoms with van der Waals surface area (Å²) in [5.41, 5.74) is 2.32. The molecule has 0 atom stereocenters. The van der Waals surface area contributed by atoms with Gasteiger partial charge in [0.25, 0.3) is 0 Å². The minimum atomic E-state index is 0.217. The number of carbonyl (C=O) groups is 1. The molecule has 0 N–H and O–H groups in total. The molecule has 5 heteroatoms. The maximum atomic E-state index is 12.0. The van der Waals surface area contributed by atoms with Gasteiger partial charge in [-0.15, -0.1) is 0 Å². The summed E-state index contributed by atoms with van der Waals surface area (Å²) >= 11 is 3.29. The first-order chi connectivity index (χ1) is 9.24. The summed E-state index contributed by atoms with van der Waals surface area (Å²) in [4.78, 5) is 18.4. The van der Waals surface area contributed by atoms with E-state index in [4.69, 9.17) is 0 Å². The summed E-state index contributed by atoms with van der Waals surface area (Å²) in [6.45, 7) is 0. The van der Waals surface area contributed by atoms with Crippen LogP contribution in [-0.4, -0.2) is 34.0 Å². The molecule has 1 aliphatic carbocycles. The SMILES string of the molecule is CN(C(=O)CSC1=Nc2ccccc2CS1)C1CC1. The van der Waals surface area contributed by atoms with Crippen molar-refractivity contribution in [3.05, 3.63) is 29.8 Å². The summed E-state index contributed by atoms with van der Waals surface area (Å²) < 4.78 is 1.01. The fraction of sp³-hybridized carbons (Fsp3) is 0.429. The Morgan fingerprint density at radius 3 is 3.05 bits per heavy atom. The molecule has 1 heterocycles. The molecule has 0 radical (unpaired) electrons. The normalized spacial score (nSPS) is 17.6. The van der Waals surface area contributed by atoms with E-state index in [9.17, 15) is 4.79 Å². The van der Waals surface area contributed by atoms with E-state index >= 15 is 0 Å². The van der Waals surface area contributed by atoms with Crippen LogP contribution in [0.15, 0.2) is 29.3 Å². The number of nitrogens with zero attached hydrogens (tertiary/aromatic N) is 2. The Morgan fingerprint density at radius 1 is 1.47 bits per heavy atom. The molecule has 1 aromatic rings. The second-order valence-electron chi connectivity index (χ2n) is 4.82. The molecule has 1 saturated carbocycles.